The molecule has 0 aromatic carbocycles. The molecule has 1 heterocycles. The Hall–Kier alpha value is -0.0800. The summed E-state index contributed by atoms with van der Waals surface area (Å²) >= 11 is 0. The van der Waals surface area contributed by atoms with Gasteiger partial charge in [-0.3, -0.25) is 4.90 Å². The van der Waals surface area contributed by atoms with Crippen LogP contribution in [0.1, 0.15) is 51.9 Å². The molecule has 1 N–H and O–H groups in total. The van der Waals surface area contributed by atoms with Crippen molar-refractivity contribution in [1.29, 1.82) is 0 Å². The Labute approximate surface area is 106 Å². The third-order valence-corrected chi connectivity index (χ3v) is 5.21. The fraction of sp³-hybridized carbons (Fsp3) is 1.00. The predicted octanol–water partition coefficient (Wildman–Crippen LogP) is 2.64. The molecule has 0 spiro atoms. The van der Waals surface area contributed by atoms with Crippen molar-refractivity contribution in [3.05, 3.63) is 0 Å². The van der Waals surface area contributed by atoms with Gasteiger partial charge < -0.3 is 5.32 Å². The van der Waals surface area contributed by atoms with Crippen LogP contribution >= 0.6 is 0 Å². The molecule has 0 aromatic rings. The summed E-state index contributed by atoms with van der Waals surface area (Å²) < 4.78 is 0. The molecule has 3 fully saturated rings. The SMILES string of the molecule is CC1CC1N1CCCNC(C2CCCCC2)C1. The molecule has 0 aromatic heterocycles. The zero-order valence-corrected chi connectivity index (χ0v) is 11.3. The van der Waals surface area contributed by atoms with Crippen LogP contribution in [0.5, 0.6) is 0 Å². The number of hydrogen-bond donors (Lipinski definition) is 1. The third-order valence-electron chi connectivity index (χ3n) is 5.21. The largest absolute Gasteiger partial charge is 0.312 e. The second-order valence-corrected chi connectivity index (χ2v) is 6.59. The van der Waals surface area contributed by atoms with E-state index in [-0.39, 0.29) is 0 Å². The second-order valence-electron chi connectivity index (χ2n) is 6.59. The summed E-state index contributed by atoms with van der Waals surface area (Å²) in [6, 6.07) is 1.73. The van der Waals surface area contributed by atoms with Gasteiger partial charge in [0.2, 0.25) is 0 Å². The molecule has 3 atom stereocenters. The molecular formula is C15H28N2. The highest BCUT2D eigenvalue weighted by Crippen LogP contribution is 2.36. The summed E-state index contributed by atoms with van der Waals surface area (Å²) in [6.45, 7) is 6.34. The van der Waals surface area contributed by atoms with Gasteiger partial charge in [-0.2, -0.15) is 0 Å². The Morgan fingerprint density at radius 2 is 1.82 bits per heavy atom. The van der Waals surface area contributed by atoms with E-state index < -0.39 is 0 Å². The Kier molecular flexibility index (Phi) is 3.72. The average Bonchev–Trinajstić information content (AvgIpc) is 3.12. The molecule has 17 heavy (non-hydrogen) atoms. The summed E-state index contributed by atoms with van der Waals surface area (Å²) in [5.74, 6) is 1.94. The Bertz CT molecular complexity index is 247. The van der Waals surface area contributed by atoms with Crippen LogP contribution in [-0.2, 0) is 0 Å². The Morgan fingerprint density at radius 3 is 2.53 bits per heavy atom. The lowest BCUT2D eigenvalue weighted by molar-refractivity contribution is 0.196. The lowest BCUT2D eigenvalue weighted by atomic mass is 9.83. The van der Waals surface area contributed by atoms with Crippen LogP contribution in [0, 0.1) is 11.8 Å². The van der Waals surface area contributed by atoms with Gasteiger partial charge in [-0.15, -0.1) is 0 Å². The second kappa shape index (κ2) is 5.27. The van der Waals surface area contributed by atoms with Crippen LogP contribution in [0.25, 0.3) is 0 Å². The minimum Gasteiger partial charge on any atom is -0.312 e. The van der Waals surface area contributed by atoms with Gasteiger partial charge in [0.1, 0.15) is 0 Å². The van der Waals surface area contributed by atoms with Crippen molar-refractivity contribution in [2.24, 2.45) is 11.8 Å². The molecule has 2 saturated carbocycles. The fourth-order valence-electron chi connectivity index (χ4n) is 3.94. The van der Waals surface area contributed by atoms with Gasteiger partial charge in [-0.1, -0.05) is 26.2 Å². The average molecular weight is 236 g/mol. The third kappa shape index (κ3) is 2.85. The number of hydrogen-bond acceptors (Lipinski definition) is 2. The maximum atomic E-state index is 3.84. The zero-order chi connectivity index (χ0) is 11.7. The standard InChI is InChI=1S/C15H28N2/c1-12-10-15(12)17-9-5-8-16-14(11-17)13-6-3-2-4-7-13/h12-16H,2-11H2,1H3. The summed E-state index contributed by atoms with van der Waals surface area (Å²) in [7, 11) is 0. The molecule has 1 aliphatic heterocycles. The van der Waals surface area contributed by atoms with Crippen molar-refractivity contribution < 1.29 is 0 Å². The van der Waals surface area contributed by atoms with E-state index in [2.05, 4.69) is 17.1 Å². The lowest BCUT2D eigenvalue weighted by Gasteiger charge is -2.33. The van der Waals surface area contributed by atoms with Crippen molar-refractivity contribution >= 4 is 0 Å². The molecular weight excluding hydrogens is 208 g/mol. The first-order valence-corrected chi connectivity index (χ1v) is 7.82. The fourth-order valence-corrected chi connectivity index (χ4v) is 3.94. The highest BCUT2D eigenvalue weighted by Gasteiger charge is 2.39. The number of nitrogens with one attached hydrogen (secondary N) is 1. The van der Waals surface area contributed by atoms with E-state index in [9.17, 15) is 0 Å². The van der Waals surface area contributed by atoms with Crippen LogP contribution in [0.15, 0.2) is 0 Å². The number of nitrogens with zero attached hydrogens (tertiary/aromatic N) is 1. The predicted molar refractivity (Wildman–Crippen MR) is 72.1 cm³/mol. The first-order valence-electron chi connectivity index (χ1n) is 7.82. The quantitative estimate of drug-likeness (QED) is 0.793. The van der Waals surface area contributed by atoms with Crippen LogP contribution < -0.4 is 5.32 Å². The van der Waals surface area contributed by atoms with E-state index in [0.717, 1.165) is 23.9 Å². The summed E-state index contributed by atoms with van der Waals surface area (Å²) in [4.78, 5) is 2.80. The first-order chi connectivity index (χ1) is 8.34. The maximum Gasteiger partial charge on any atom is 0.0223 e. The van der Waals surface area contributed by atoms with Crippen LogP contribution in [0.4, 0.5) is 0 Å². The van der Waals surface area contributed by atoms with Gasteiger partial charge in [0.15, 0.2) is 0 Å². The summed E-state index contributed by atoms with van der Waals surface area (Å²) in [6.07, 6.45) is 10.2. The molecule has 0 amide bonds. The topological polar surface area (TPSA) is 15.3 Å². The van der Waals surface area contributed by atoms with E-state index >= 15 is 0 Å². The van der Waals surface area contributed by atoms with Gasteiger partial charge in [0.25, 0.3) is 0 Å². The van der Waals surface area contributed by atoms with Crippen LogP contribution in [-0.4, -0.2) is 36.6 Å². The van der Waals surface area contributed by atoms with Gasteiger partial charge in [-0.25, -0.2) is 0 Å². The first kappa shape index (κ1) is 12.0. The van der Waals surface area contributed by atoms with Crippen molar-refractivity contribution in [3.63, 3.8) is 0 Å². The maximum absolute atomic E-state index is 3.84. The smallest absolute Gasteiger partial charge is 0.0223 e. The minimum atomic E-state index is 0.797. The molecule has 98 valence electrons. The van der Waals surface area contributed by atoms with E-state index in [0.29, 0.717) is 0 Å². The molecule has 2 heteroatoms. The molecule has 3 rings (SSSR count). The van der Waals surface area contributed by atoms with Crippen molar-refractivity contribution in [1.82, 2.24) is 10.2 Å². The van der Waals surface area contributed by atoms with Gasteiger partial charge in [-0.05, 0) is 50.6 Å². The molecule has 2 nitrogen and oxygen atoms in total. The van der Waals surface area contributed by atoms with E-state index in [4.69, 9.17) is 0 Å². The highest BCUT2D eigenvalue weighted by atomic mass is 15.2. The van der Waals surface area contributed by atoms with E-state index in [1.54, 1.807) is 0 Å². The number of rotatable bonds is 2. The van der Waals surface area contributed by atoms with Crippen molar-refractivity contribution in [2.45, 2.75) is 64.0 Å². The molecule has 0 bridgehead atoms. The molecule has 0 radical (unpaired) electrons. The van der Waals surface area contributed by atoms with Gasteiger partial charge in [0.05, 0.1) is 0 Å². The molecule has 3 aliphatic rings. The molecule has 3 unspecified atom stereocenters. The van der Waals surface area contributed by atoms with Crippen LogP contribution in [0.2, 0.25) is 0 Å². The van der Waals surface area contributed by atoms with Crippen LogP contribution in [0.3, 0.4) is 0 Å². The monoisotopic (exact) mass is 236 g/mol. The molecule has 2 aliphatic carbocycles. The minimum absolute atomic E-state index is 0.797. The van der Waals surface area contributed by atoms with E-state index in [1.807, 2.05) is 0 Å². The van der Waals surface area contributed by atoms with Crippen molar-refractivity contribution in [3.8, 4) is 0 Å². The van der Waals surface area contributed by atoms with E-state index in [1.165, 1.54) is 64.6 Å². The Morgan fingerprint density at radius 1 is 1.06 bits per heavy atom. The van der Waals surface area contributed by atoms with Gasteiger partial charge >= 0.3 is 0 Å². The summed E-state index contributed by atoms with van der Waals surface area (Å²) in [5, 5.41) is 3.84. The van der Waals surface area contributed by atoms with Gasteiger partial charge in [0, 0.05) is 18.6 Å². The Balaban J connectivity index is 1.58. The molecule has 1 saturated heterocycles. The zero-order valence-electron chi connectivity index (χ0n) is 11.3. The highest BCUT2D eigenvalue weighted by molar-refractivity contribution is 4.95. The summed E-state index contributed by atoms with van der Waals surface area (Å²) in [5.41, 5.74) is 0. The normalized spacial score (nSPS) is 41.1. The van der Waals surface area contributed by atoms with Crippen molar-refractivity contribution in [2.75, 3.05) is 19.6 Å². The lowest BCUT2D eigenvalue weighted by Crippen LogP contribution is -2.44.